The Kier molecular flexibility index (Phi) is 4.07. The van der Waals surface area contributed by atoms with Crippen LogP contribution in [0.4, 0.5) is 0 Å². The monoisotopic (exact) mass is 280 g/mol. The molecule has 110 valence electrons. The highest BCUT2D eigenvalue weighted by atomic mass is 14.9. The normalized spacial score (nSPS) is 16.5. The number of nitrogens with one attached hydrogen (secondary N) is 1. The topological polar surface area (TPSA) is 24.9 Å². The van der Waals surface area contributed by atoms with Crippen LogP contribution in [-0.2, 0) is 0 Å². The first-order chi connectivity index (χ1) is 10.2. The van der Waals surface area contributed by atoms with Gasteiger partial charge in [0.1, 0.15) is 0 Å². The molecular weight excluding hydrogens is 256 g/mol. The maximum Gasteiger partial charge on any atom is 0.0592 e. The number of hydrogen-bond donors (Lipinski definition) is 1. The van der Waals surface area contributed by atoms with Gasteiger partial charge in [0.15, 0.2) is 0 Å². The van der Waals surface area contributed by atoms with Crippen molar-refractivity contribution < 1.29 is 0 Å². The molecule has 0 spiro atoms. The lowest BCUT2D eigenvalue weighted by Gasteiger charge is -2.26. The van der Waals surface area contributed by atoms with Crippen molar-refractivity contribution in [2.75, 3.05) is 7.05 Å². The van der Waals surface area contributed by atoms with E-state index in [-0.39, 0.29) is 6.04 Å². The summed E-state index contributed by atoms with van der Waals surface area (Å²) in [5.74, 6) is 0.801. The third kappa shape index (κ3) is 2.86. The number of hydrogen-bond acceptors (Lipinski definition) is 2. The first-order valence-corrected chi connectivity index (χ1v) is 7.90. The molecule has 1 unspecified atom stereocenters. The Bertz CT molecular complexity index is 612. The van der Waals surface area contributed by atoms with Crippen molar-refractivity contribution in [1.82, 2.24) is 10.3 Å². The van der Waals surface area contributed by atoms with Gasteiger partial charge in [0.2, 0.25) is 0 Å². The SMILES string of the molecule is CNC(c1ccc(C2CCC2)cc1)c1ccc(C)nc1C. The third-order valence-corrected chi connectivity index (χ3v) is 4.71. The predicted molar refractivity (Wildman–Crippen MR) is 87.6 cm³/mol. The summed E-state index contributed by atoms with van der Waals surface area (Å²) >= 11 is 0. The highest BCUT2D eigenvalue weighted by molar-refractivity contribution is 5.37. The smallest absolute Gasteiger partial charge is 0.0592 e. The van der Waals surface area contributed by atoms with E-state index in [4.69, 9.17) is 0 Å². The average Bonchev–Trinajstić information content (AvgIpc) is 2.42. The summed E-state index contributed by atoms with van der Waals surface area (Å²) in [5, 5.41) is 3.43. The molecule has 2 aromatic rings. The van der Waals surface area contributed by atoms with E-state index in [2.05, 4.69) is 53.6 Å². The zero-order valence-corrected chi connectivity index (χ0v) is 13.2. The molecule has 1 heterocycles. The van der Waals surface area contributed by atoms with Gasteiger partial charge >= 0.3 is 0 Å². The minimum Gasteiger partial charge on any atom is -0.309 e. The molecule has 1 N–H and O–H groups in total. The average molecular weight is 280 g/mol. The quantitative estimate of drug-likeness (QED) is 0.904. The fourth-order valence-electron chi connectivity index (χ4n) is 3.21. The van der Waals surface area contributed by atoms with Crippen LogP contribution in [0.5, 0.6) is 0 Å². The van der Waals surface area contributed by atoms with Gasteiger partial charge in [-0.3, -0.25) is 4.98 Å². The van der Waals surface area contributed by atoms with Crippen molar-refractivity contribution >= 4 is 0 Å². The summed E-state index contributed by atoms with van der Waals surface area (Å²) in [4.78, 5) is 4.60. The maximum atomic E-state index is 4.60. The lowest BCUT2D eigenvalue weighted by atomic mass is 9.79. The van der Waals surface area contributed by atoms with Gasteiger partial charge in [-0.2, -0.15) is 0 Å². The van der Waals surface area contributed by atoms with E-state index in [9.17, 15) is 0 Å². The Hall–Kier alpha value is -1.67. The van der Waals surface area contributed by atoms with Crippen LogP contribution in [-0.4, -0.2) is 12.0 Å². The second-order valence-corrected chi connectivity index (χ2v) is 6.14. The zero-order chi connectivity index (χ0) is 14.8. The molecule has 0 saturated heterocycles. The third-order valence-electron chi connectivity index (χ3n) is 4.71. The molecule has 0 radical (unpaired) electrons. The number of aryl methyl sites for hydroxylation is 2. The predicted octanol–water partition coefficient (Wildman–Crippen LogP) is 4.27. The number of benzene rings is 1. The lowest BCUT2D eigenvalue weighted by Crippen LogP contribution is -2.19. The molecule has 2 heteroatoms. The summed E-state index contributed by atoms with van der Waals surface area (Å²) in [7, 11) is 2.02. The molecular formula is C19H24N2. The first-order valence-electron chi connectivity index (χ1n) is 7.90. The summed E-state index contributed by atoms with van der Waals surface area (Å²) in [5.41, 5.74) is 6.26. The van der Waals surface area contributed by atoms with E-state index >= 15 is 0 Å². The van der Waals surface area contributed by atoms with Gasteiger partial charge < -0.3 is 5.32 Å². The fraction of sp³-hybridized carbons (Fsp3) is 0.421. The van der Waals surface area contributed by atoms with Gasteiger partial charge in [0.25, 0.3) is 0 Å². The Balaban J connectivity index is 1.88. The van der Waals surface area contributed by atoms with Gasteiger partial charge in [-0.25, -0.2) is 0 Å². The highest BCUT2D eigenvalue weighted by Gasteiger charge is 2.20. The van der Waals surface area contributed by atoms with Crippen LogP contribution in [0, 0.1) is 13.8 Å². The van der Waals surface area contributed by atoms with Crippen LogP contribution in [0.2, 0.25) is 0 Å². The first kappa shape index (κ1) is 14.3. The van der Waals surface area contributed by atoms with E-state index in [0.717, 1.165) is 17.3 Å². The second kappa shape index (κ2) is 5.98. The van der Waals surface area contributed by atoms with Gasteiger partial charge in [-0.15, -0.1) is 0 Å². The number of aromatic nitrogens is 1. The molecule has 1 atom stereocenters. The Labute approximate surface area is 127 Å². The summed E-state index contributed by atoms with van der Waals surface area (Å²) in [6.45, 7) is 4.13. The lowest BCUT2D eigenvalue weighted by molar-refractivity contribution is 0.419. The molecule has 1 aliphatic carbocycles. The minimum atomic E-state index is 0.216. The minimum absolute atomic E-state index is 0.216. The van der Waals surface area contributed by atoms with E-state index in [0.29, 0.717) is 0 Å². The molecule has 3 rings (SSSR count). The Morgan fingerprint density at radius 2 is 1.76 bits per heavy atom. The highest BCUT2D eigenvalue weighted by Crippen LogP contribution is 2.36. The van der Waals surface area contributed by atoms with Crippen molar-refractivity contribution in [2.24, 2.45) is 0 Å². The molecule has 0 bridgehead atoms. The van der Waals surface area contributed by atoms with Crippen LogP contribution in [0.25, 0.3) is 0 Å². The molecule has 1 fully saturated rings. The molecule has 21 heavy (non-hydrogen) atoms. The molecule has 2 nitrogen and oxygen atoms in total. The van der Waals surface area contributed by atoms with Crippen LogP contribution < -0.4 is 5.32 Å². The van der Waals surface area contributed by atoms with E-state index in [1.54, 1.807) is 0 Å². The van der Waals surface area contributed by atoms with Crippen molar-refractivity contribution in [2.45, 2.75) is 45.1 Å². The van der Waals surface area contributed by atoms with Crippen molar-refractivity contribution in [3.63, 3.8) is 0 Å². The van der Waals surface area contributed by atoms with E-state index in [1.165, 1.54) is 36.0 Å². The molecule has 1 aromatic carbocycles. The van der Waals surface area contributed by atoms with E-state index < -0.39 is 0 Å². The van der Waals surface area contributed by atoms with Gasteiger partial charge in [0, 0.05) is 11.4 Å². The van der Waals surface area contributed by atoms with Crippen LogP contribution in [0.3, 0.4) is 0 Å². The van der Waals surface area contributed by atoms with Crippen molar-refractivity contribution in [3.8, 4) is 0 Å². The number of nitrogens with zero attached hydrogens (tertiary/aromatic N) is 1. The molecule has 1 aromatic heterocycles. The molecule has 1 aliphatic rings. The van der Waals surface area contributed by atoms with Crippen molar-refractivity contribution in [3.05, 3.63) is 64.5 Å². The van der Waals surface area contributed by atoms with E-state index in [1.807, 2.05) is 14.0 Å². The van der Waals surface area contributed by atoms with Crippen LogP contribution >= 0.6 is 0 Å². The standard InChI is InChI=1S/C19H24N2/c1-13-7-12-18(14(2)21-13)19(20-3)17-10-8-16(9-11-17)15-5-4-6-15/h7-12,15,19-20H,4-6H2,1-3H3. The Morgan fingerprint density at radius 3 is 2.29 bits per heavy atom. The van der Waals surface area contributed by atoms with Crippen LogP contribution in [0.1, 0.15) is 59.3 Å². The van der Waals surface area contributed by atoms with Crippen LogP contribution in [0.15, 0.2) is 36.4 Å². The summed E-state index contributed by atoms with van der Waals surface area (Å²) in [6, 6.07) is 13.7. The van der Waals surface area contributed by atoms with Crippen molar-refractivity contribution in [1.29, 1.82) is 0 Å². The maximum absolute atomic E-state index is 4.60. The van der Waals surface area contributed by atoms with Gasteiger partial charge in [-0.05, 0) is 62.4 Å². The summed E-state index contributed by atoms with van der Waals surface area (Å²) in [6.07, 6.45) is 4.10. The van der Waals surface area contributed by atoms with Gasteiger partial charge in [0.05, 0.1) is 6.04 Å². The molecule has 1 saturated carbocycles. The molecule has 0 amide bonds. The Morgan fingerprint density at radius 1 is 1.05 bits per heavy atom. The fourth-order valence-corrected chi connectivity index (χ4v) is 3.21. The number of pyridine rings is 1. The summed E-state index contributed by atoms with van der Waals surface area (Å²) < 4.78 is 0. The van der Waals surface area contributed by atoms with Gasteiger partial charge in [-0.1, -0.05) is 36.8 Å². The largest absolute Gasteiger partial charge is 0.309 e. The molecule has 0 aliphatic heterocycles. The number of rotatable bonds is 4. The zero-order valence-electron chi connectivity index (χ0n) is 13.2. The second-order valence-electron chi connectivity index (χ2n) is 6.14.